The summed E-state index contributed by atoms with van der Waals surface area (Å²) in [5, 5.41) is 2.42. The first-order valence-electron chi connectivity index (χ1n) is 9.08. The highest BCUT2D eigenvalue weighted by atomic mass is 16.7. The fraction of sp³-hybridized carbons (Fsp3) is 0.304. The zero-order chi connectivity index (χ0) is 17.6. The van der Waals surface area contributed by atoms with Gasteiger partial charge in [0.2, 0.25) is 6.29 Å². The van der Waals surface area contributed by atoms with Gasteiger partial charge >= 0.3 is 0 Å². The van der Waals surface area contributed by atoms with Crippen LogP contribution in [0.25, 0.3) is 10.8 Å². The van der Waals surface area contributed by atoms with Gasteiger partial charge in [0, 0.05) is 12.2 Å². The molecule has 0 N–H and O–H groups in total. The molecule has 0 aliphatic heterocycles. The van der Waals surface area contributed by atoms with Crippen molar-refractivity contribution in [1.29, 1.82) is 0 Å². The zero-order valence-electron chi connectivity index (χ0n) is 15.2. The van der Waals surface area contributed by atoms with E-state index in [0.717, 1.165) is 17.7 Å². The molecule has 130 valence electrons. The van der Waals surface area contributed by atoms with Gasteiger partial charge in [0.05, 0.1) is 0 Å². The van der Waals surface area contributed by atoms with Crippen molar-refractivity contribution in [1.82, 2.24) is 0 Å². The zero-order valence-corrected chi connectivity index (χ0v) is 15.2. The van der Waals surface area contributed by atoms with Crippen molar-refractivity contribution in [2.75, 3.05) is 6.61 Å². The SMILES string of the molecule is CCOC(Oc1ccc(C(C)CC)cc1)c1ccc2ccccc2c1. The second-order valence-corrected chi connectivity index (χ2v) is 6.39. The number of rotatable bonds is 7. The minimum Gasteiger partial charge on any atom is -0.461 e. The third kappa shape index (κ3) is 4.21. The van der Waals surface area contributed by atoms with E-state index in [4.69, 9.17) is 9.47 Å². The van der Waals surface area contributed by atoms with Crippen LogP contribution in [0.1, 0.15) is 50.5 Å². The van der Waals surface area contributed by atoms with E-state index in [-0.39, 0.29) is 0 Å². The second kappa shape index (κ2) is 8.17. The van der Waals surface area contributed by atoms with E-state index in [9.17, 15) is 0 Å². The van der Waals surface area contributed by atoms with E-state index in [2.05, 4.69) is 68.4 Å². The predicted octanol–water partition coefficient (Wildman–Crippen LogP) is 6.47. The Morgan fingerprint density at radius 2 is 1.48 bits per heavy atom. The van der Waals surface area contributed by atoms with Crippen molar-refractivity contribution in [3.8, 4) is 5.75 Å². The summed E-state index contributed by atoms with van der Waals surface area (Å²) in [4.78, 5) is 0. The molecule has 0 saturated heterocycles. The molecule has 0 aliphatic rings. The van der Waals surface area contributed by atoms with Crippen LogP contribution in [0.3, 0.4) is 0 Å². The van der Waals surface area contributed by atoms with Crippen molar-refractivity contribution in [2.45, 2.75) is 39.4 Å². The summed E-state index contributed by atoms with van der Waals surface area (Å²) in [6.07, 6.45) is 0.739. The third-order valence-corrected chi connectivity index (χ3v) is 4.67. The molecule has 0 radical (unpaired) electrons. The Kier molecular flexibility index (Phi) is 5.72. The largest absolute Gasteiger partial charge is 0.461 e. The van der Waals surface area contributed by atoms with Gasteiger partial charge in [0.1, 0.15) is 5.75 Å². The Hall–Kier alpha value is -2.32. The van der Waals surface area contributed by atoms with Crippen LogP contribution >= 0.6 is 0 Å². The van der Waals surface area contributed by atoms with Crippen molar-refractivity contribution in [2.24, 2.45) is 0 Å². The Morgan fingerprint density at radius 3 is 2.16 bits per heavy atom. The van der Waals surface area contributed by atoms with Crippen LogP contribution in [0.5, 0.6) is 5.75 Å². The van der Waals surface area contributed by atoms with Gasteiger partial charge in [-0.2, -0.15) is 0 Å². The molecule has 0 amide bonds. The summed E-state index contributed by atoms with van der Waals surface area (Å²) in [5.41, 5.74) is 2.38. The van der Waals surface area contributed by atoms with Crippen LogP contribution in [0.4, 0.5) is 0 Å². The molecule has 3 aromatic rings. The number of benzene rings is 3. The molecular weight excluding hydrogens is 308 g/mol. The molecule has 0 aliphatic carbocycles. The van der Waals surface area contributed by atoms with Gasteiger partial charge in [0.25, 0.3) is 0 Å². The smallest absolute Gasteiger partial charge is 0.226 e. The number of ether oxygens (including phenoxy) is 2. The summed E-state index contributed by atoms with van der Waals surface area (Å²) >= 11 is 0. The van der Waals surface area contributed by atoms with Crippen LogP contribution < -0.4 is 4.74 Å². The van der Waals surface area contributed by atoms with Gasteiger partial charge in [-0.25, -0.2) is 0 Å². The Bertz CT molecular complexity index is 808. The molecule has 2 nitrogen and oxygen atoms in total. The maximum Gasteiger partial charge on any atom is 0.226 e. The molecule has 3 aromatic carbocycles. The Morgan fingerprint density at radius 1 is 0.800 bits per heavy atom. The molecule has 0 aromatic heterocycles. The third-order valence-electron chi connectivity index (χ3n) is 4.67. The van der Waals surface area contributed by atoms with Gasteiger partial charge < -0.3 is 9.47 Å². The predicted molar refractivity (Wildman–Crippen MR) is 104 cm³/mol. The molecular formula is C23H26O2. The molecule has 0 bridgehead atoms. The van der Waals surface area contributed by atoms with Gasteiger partial charge in [-0.15, -0.1) is 0 Å². The fourth-order valence-electron chi connectivity index (χ4n) is 2.94. The number of hydrogen-bond acceptors (Lipinski definition) is 2. The van der Waals surface area contributed by atoms with Crippen LogP contribution in [0.2, 0.25) is 0 Å². The van der Waals surface area contributed by atoms with Gasteiger partial charge in [0.15, 0.2) is 0 Å². The normalized spacial score (nSPS) is 13.6. The number of fused-ring (bicyclic) bond motifs is 1. The quantitative estimate of drug-likeness (QED) is 0.461. The molecule has 2 unspecified atom stereocenters. The van der Waals surface area contributed by atoms with Crippen molar-refractivity contribution < 1.29 is 9.47 Å². The first kappa shape index (κ1) is 17.5. The summed E-state index contributed by atoms with van der Waals surface area (Å²) < 4.78 is 12.0. The van der Waals surface area contributed by atoms with Crippen molar-refractivity contribution in [3.63, 3.8) is 0 Å². The van der Waals surface area contributed by atoms with Crippen LogP contribution in [-0.2, 0) is 4.74 Å². The lowest BCUT2D eigenvalue weighted by molar-refractivity contribution is -0.0785. The molecule has 0 heterocycles. The maximum absolute atomic E-state index is 6.14. The molecule has 0 spiro atoms. The highest BCUT2D eigenvalue weighted by Crippen LogP contribution is 2.28. The van der Waals surface area contributed by atoms with Gasteiger partial charge in [-0.3, -0.25) is 0 Å². The average molecular weight is 334 g/mol. The van der Waals surface area contributed by atoms with E-state index in [1.807, 2.05) is 19.1 Å². The summed E-state index contributed by atoms with van der Waals surface area (Å²) in [7, 11) is 0. The van der Waals surface area contributed by atoms with E-state index in [1.54, 1.807) is 0 Å². The van der Waals surface area contributed by atoms with E-state index in [0.29, 0.717) is 12.5 Å². The first-order valence-corrected chi connectivity index (χ1v) is 9.08. The van der Waals surface area contributed by atoms with Crippen molar-refractivity contribution in [3.05, 3.63) is 77.9 Å². The molecule has 3 rings (SSSR count). The molecule has 2 atom stereocenters. The van der Waals surface area contributed by atoms with Crippen LogP contribution in [-0.4, -0.2) is 6.61 Å². The Balaban J connectivity index is 1.82. The standard InChI is InChI=1S/C23H26O2/c1-4-17(3)18-12-14-22(15-13-18)25-23(24-5-2)21-11-10-19-8-6-7-9-20(19)16-21/h6-17,23H,4-5H2,1-3H3. The summed E-state index contributed by atoms with van der Waals surface area (Å²) in [6, 6.07) is 23.0. The fourth-order valence-corrected chi connectivity index (χ4v) is 2.94. The summed E-state index contributed by atoms with van der Waals surface area (Å²) in [6.45, 7) is 7.04. The first-order chi connectivity index (χ1) is 12.2. The van der Waals surface area contributed by atoms with Crippen molar-refractivity contribution >= 4 is 10.8 Å². The highest BCUT2D eigenvalue weighted by molar-refractivity contribution is 5.83. The molecule has 0 saturated carbocycles. The number of hydrogen-bond donors (Lipinski definition) is 0. The van der Waals surface area contributed by atoms with Gasteiger partial charge in [-0.05, 0) is 53.8 Å². The van der Waals surface area contributed by atoms with E-state index < -0.39 is 6.29 Å². The highest BCUT2D eigenvalue weighted by Gasteiger charge is 2.14. The van der Waals surface area contributed by atoms with E-state index in [1.165, 1.54) is 16.3 Å². The molecule has 2 heteroatoms. The minimum absolute atomic E-state index is 0.399. The maximum atomic E-state index is 6.14. The molecule has 25 heavy (non-hydrogen) atoms. The average Bonchev–Trinajstić information content (AvgIpc) is 2.67. The minimum atomic E-state index is -0.399. The second-order valence-electron chi connectivity index (χ2n) is 6.39. The van der Waals surface area contributed by atoms with Crippen LogP contribution in [0.15, 0.2) is 66.7 Å². The summed E-state index contributed by atoms with van der Waals surface area (Å²) in [5.74, 6) is 1.40. The molecule has 0 fully saturated rings. The lowest BCUT2D eigenvalue weighted by Crippen LogP contribution is -2.12. The van der Waals surface area contributed by atoms with Gasteiger partial charge in [-0.1, -0.05) is 62.4 Å². The lowest BCUT2D eigenvalue weighted by Gasteiger charge is -2.20. The van der Waals surface area contributed by atoms with Crippen LogP contribution in [0, 0.1) is 0 Å². The monoisotopic (exact) mass is 334 g/mol. The van der Waals surface area contributed by atoms with E-state index >= 15 is 0 Å². The topological polar surface area (TPSA) is 18.5 Å². The lowest BCUT2D eigenvalue weighted by atomic mass is 9.99. The Labute approximate surface area is 150 Å².